The molecule has 0 saturated heterocycles. The lowest BCUT2D eigenvalue weighted by molar-refractivity contribution is -0.122. The molecule has 116 valence electrons. The van der Waals surface area contributed by atoms with Crippen molar-refractivity contribution in [2.75, 3.05) is 26.2 Å². The van der Waals surface area contributed by atoms with Crippen LogP contribution >= 0.6 is 0 Å². The maximum absolute atomic E-state index is 11.5. The average Bonchev–Trinajstić information content (AvgIpc) is 3.16. The molecular formula is C15H30N4O. The minimum atomic E-state index is 0.196. The number of nitrogens with zero attached hydrogens (tertiary/aromatic N) is 1. The van der Waals surface area contributed by atoms with Crippen molar-refractivity contribution in [1.82, 2.24) is 16.0 Å². The zero-order valence-electron chi connectivity index (χ0n) is 13.4. The van der Waals surface area contributed by atoms with Crippen LogP contribution in [0.1, 0.15) is 47.0 Å². The fourth-order valence-corrected chi connectivity index (χ4v) is 1.70. The number of aliphatic imine (C=N–C) groups is 1. The third-order valence-corrected chi connectivity index (χ3v) is 3.14. The molecule has 1 amide bonds. The van der Waals surface area contributed by atoms with Gasteiger partial charge in [-0.2, -0.15) is 0 Å². The van der Waals surface area contributed by atoms with Gasteiger partial charge in [0.2, 0.25) is 5.91 Å². The Balaban J connectivity index is 2.19. The lowest BCUT2D eigenvalue weighted by Gasteiger charge is -2.17. The summed E-state index contributed by atoms with van der Waals surface area (Å²) in [7, 11) is 0. The van der Waals surface area contributed by atoms with Crippen LogP contribution < -0.4 is 16.0 Å². The zero-order chi connectivity index (χ0) is 15.0. The topological polar surface area (TPSA) is 65.5 Å². The fourth-order valence-electron chi connectivity index (χ4n) is 1.70. The SMILES string of the molecule is CCNC(=NCCC(C)(C)C)NCCNC(=O)C1CC1. The van der Waals surface area contributed by atoms with Crippen molar-refractivity contribution in [2.45, 2.75) is 47.0 Å². The molecule has 1 saturated carbocycles. The molecule has 1 fully saturated rings. The summed E-state index contributed by atoms with van der Waals surface area (Å²) in [6.07, 6.45) is 3.16. The quantitative estimate of drug-likeness (QED) is 0.377. The first-order valence-corrected chi connectivity index (χ1v) is 7.72. The molecule has 0 heterocycles. The van der Waals surface area contributed by atoms with Crippen LogP contribution in [0.2, 0.25) is 0 Å². The van der Waals surface area contributed by atoms with Crippen LogP contribution in [0, 0.1) is 11.3 Å². The van der Waals surface area contributed by atoms with Gasteiger partial charge >= 0.3 is 0 Å². The first-order chi connectivity index (χ1) is 9.42. The summed E-state index contributed by atoms with van der Waals surface area (Å²) >= 11 is 0. The predicted octanol–water partition coefficient (Wildman–Crippen LogP) is 1.50. The van der Waals surface area contributed by atoms with Crippen LogP contribution in [0.15, 0.2) is 4.99 Å². The van der Waals surface area contributed by atoms with Crippen molar-refractivity contribution < 1.29 is 4.79 Å². The van der Waals surface area contributed by atoms with E-state index < -0.39 is 0 Å². The minimum Gasteiger partial charge on any atom is -0.357 e. The molecule has 1 aliphatic rings. The van der Waals surface area contributed by atoms with Gasteiger partial charge in [0, 0.05) is 32.1 Å². The Labute approximate surface area is 123 Å². The second-order valence-electron chi connectivity index (χ2n) is 6.56. The number of rotatable bonds is 7. The molecule has 3 N–H and O–H groups in total. The van der Waals surface area contributed by atoms with E-state index in [1.54, 1.807) is 0 Å². The monoisotopic (exact) mass is 282 g/mol. The molecule has 0 radical (unpaired) electrons. The van der Waals surface area contributed by atoms with E-state index in [2.05, 4.69) is 48.6 Å². The summed E-state index contributed by atoms with van der Waals surface area (Å²) in [4.78, 5) is 16.0. The number of amides is 1. The van der Waals surface area contributed by atoms with Crippen molar-refractivity contribution in [3.8, 4) is 0 Å². The Hall–Kier alpha value is -1.26. The maximum atomic E-state index is 11.5. The van der Waals surface area contributed by atoms with Gasteiger partial charge in [0.05, 0.1) is 0 Å². The normalized spacial score (nSPS) is 15.9. The van der Waals surface area contributed by atoms with Crippen molar-refractivity contribution in [3.63, 3.8) is 0 Å². The number of hydrogen-bond donors (Lipinski definition) is 3. The average molecular weight is 282 g/mol. The molecule has 5 heteroatoms. The standard InChI is InChI=1S/C15H30N4O/c1-5-16-14(18-9-8-15(2,3)4)19-11-10-17-13(20)12-6-7-12/h12H,5-11H2,1-4H3,(H,17,20)(H2,16,18,19). The predicted molar refractivity (Wildman–Crippen MR) is 83.8 cm³/mol. The van der Waals surface area contributed by atoms with E-state index in [9.17, 15) is 4.79 Å². The second-order valence-corrected chi connectivity index (χ2v) is 6.56. The first-order valence-electron chi connectivity index (χ1n) is 7.72. The van der Waals surface area contributed by atoms with Crippen molar-refractivity contribution in [2.24, 2.45) is 16.3 Å². The van der Waals surface area contributed by atoms with Crippen molar-refractivity contribution >= 4 is 11.9 Å². The molecule has 0 bridgehead atoms. The maximum Gasteiger partial charge on any atom is 0.223 e. The van der Waals surface area contributed by atoms with E-state index in [1.807, 2.05) is 0 Å². The highest BCUT2D eigenvalue weighted by atomic mass is 16.2. The van der Waals surface area contributed by atoms with Crippen molar-refractivity contribution in [3.05, 3.63) is 0 Å². The van der Waals surface area contributed by atoms with Crippen molar-refractivity contribution in [1.29, 1.82) is 0 Å². The number of carbonyl (C=O) groups excluding carboxylic acids is 1. The van der Waals surface area contributed by atoms with E-state index in [-0.39, 0.29) is 11.8 Å². The zero-order valence-corrected chi connectivity index (χ0v) is 13.4. The molecule has 20 heavy (non-hydrogen) atoms. The highest BCUT2D eigenvalue weighted by Crippen LogP contribution is 2.28. The molecule has 0 aliphatic heterocycles. The van der Waals surface area contributed by atoms with Crippen LogP contribution in [-0.4, -0.2) is 38.0 Å². The van der Waals surface area contributed by atoms with Gasteiger partial charge in [-0.15, -0.1) is 0 Å². The van der Waals surface area contributed by atoms with E-state index in [0.29, 0.717) is 18.5 Å². The van der Waals surface area contributed by atoms with Crippen LogP contribution in [0.5, 0.6) is 0 Å². The summed E-state index contributed by atoms with van der Waals surface area (Å²) in [5, 5.41) is 9.40. The summed E-state index contributed by atoms with van der Waals surface area (Å²) in [5.41, 5.74) is 0.305. The number of nitrogens with one attached hydrogen (secondary N) is 3. The van der Waals surface area contributed by atoms with Gasteiger partial charge in [-0.3, -0.25) is 9.79 Å². The molecule has 5 nitrogen and oxygen atoms in total. The fraction of sp³-hybridized carbons (Fsp3) is 0.867. The Morgan fingerprint density at radius 3 is 2.35 bits per heavy atom. The Morgan fingerprint density at radius 2 is 1.80 bits per heavy atom. The summed E-state index contributed by atoms with van der Waals surface area (Å²) in [6.45, 7) is 11.7. The summed E-state index contributed by atoms with van der Waals surface area (Å²) < 4.78 is 0. The van der Waals surface area contributed by atoms with Gasteiger partial charge in [-0.05, 0) is 31.6 Å². The van der Waals surface area contributed by atoms with Crippen LogP contribution in [0.4, 0.5) is 0 Å². The van der Waals surface area contributed by atoms with E-state index in [0.717, 1.165) is 38.3 Å². The van der Waals surface area contributed by atoms with E-state index in [4.69, 9.17) is 0 Å². The Bertz CT molecular complexity index is 329. The number of guanidine groups is 1. The molecule has 0 unspecified atom stereocenters. The van der Waals surface area contributed by atoms with Crippen LogP contribution in [0.25, 0.3) is 0 Å². The van der Waals surface area contributed by atoms with Gasteiger partial charge in [0.15, 0.2) is 5.96 Å². The molecule has 0 aromatic heterocycles. The largest absolute Gasteiger partial charge is 0.357 e. The third-order valence-electron chi connectivity index (χ3n) is 3.14. The first kappa shape index (κ1) is 16.8. The van der Waals surface area contributed by atoms with Crippen LogP contribution in [-0.2, 0) is 4.79 Å². The van der Waals surface area contributed by atoms with Gasteiger partial charge in [-0.25, -0.2) is 0 Å². The van der Waals surface area contributed by atoms with Crippen LogP contribution in [0.3, 0.4) is 0 Å². The van der Waals surface area contributed by atoms with Gasteiger partial charge < -0.3 is 16.0 Å². The van der Waals surface area contributed by atoms with Gasteiger partial charge in [-0.1, -0.05) is 20.8 Å². The van der Waals surface area contributed by atoms with Gasteiger partial charge in [0.25, 0.3) is 0 Å². The smallest absolute Gasteiger partial charge is 0.223 e. The second kappa shape index (κ2) is 8.12. The van der Waals surface area contributed by atoms with Gasteiger partial charge in [0.1, 0.15) is 0 Å². The molecule has 0 aromatic carbocycles. The molecule has 1 aliphatic carbocycles. The third kappa shape index (κ3) is 8.02. The van der Waals surface area contributed by atoms with E-state index >= 15 is 0 Å². The molecule has 0 atom stereocenters. The molecular weight excluding hydrogens is 252 g/mol. The summed E-state index contributed by atoms with van der Waals surface area (Å²) in [5.74, 6) is 1.31. The molecule has 0 spiro atoms. The Morgan fingerprint density at radius 1 is 1.15 bits per heavy atom. The number of hydrogen-bond acceptors (Lipinski definition) is 2. The molecule has 1 rings (SSSR count). The minimum absolute atomic E-state index is 0.196. The number of carbonyl (C=O) groups is 1. The van der Waals surface area contributed by atoms with E-state index in [1.165, 1.54) is 0 Å². The highest BCUT2D eigenvalue weighted by molar-refractivity contribution is 5.81. The molecule has 0 aromatic rings. The highest BCUT2D eigenvalue weighted by Gasteiger charge is 2.28. The lowest BCUT2D eigenvalue weighted by atomic mass is 9.93. The Kier molecular flexibility index (Phi) is 6.82. The summed E-state index contributed by atoms with van der Waals surface area (Å²) in [6, 6.07) is 0. The lowest BCUT2D eigenvalue weighted by Crippen LogP contribution is -2.41.